The molecule has 1 aromatic carbocycles. The van der Waals surface area contributed by atoms with Gasteiger partial charge in [0.25, 0.3) is 0 Å². The van der Waals surface area contributed by atoms with Crippen molar-refractivity contribution < 1.29 is 0 Å². The molecule has 78 valence electrons. The molecular formula is C13H15NS. The van der Waals surface area contributed by atoms with Crippen LogP contribution in [0.25, 0.3) is 0 Å². The summed E-state index contributed by atoms with van der Waals surface area (Å²) in [4.78, 5) is 7.33. The van der Waals surface area contributed by atoms with Crippen LogP contribution in [0.1, 0.15) is 32.8 Å². The normalized spacial score (nSPS) is 15.8. The number of hydrogen-bond donors (Lipinski definition) is 0. The lowest BCUT2D eigenvalue weighted by molar-refractivity contribution is 1.05. The summed E-state index contributed by atoms with van der Waals surface area (Å²) in [6.07, 6.45) is 1.00. The monoisotopic (exact) mass is 217 g/mol. The molecule has 0 N–H and O–H groups in total. The van der Waals surface area contributed by atoms with Gasteiger partial charge in [0.2, 0.25) is 0 Å². The Hall–Kier alpha value is -1.02. The molecule has 15 heavy (non-hydrogen) atoms. The van der Waals surface area contributed by atoms with E-state index in [0.29, 0.717) is 0 Å². The van der Waals surface area contributed by atoms with E-state index in [-0.39, 0.29) is 0 Å². The van der Waals surface area contributed by atoms with Crippen LogP contribution < -0.4 is 0 Å². The Labute approximate surface area is 95.3 Å². The number of allylic oxidation sites excluding steroid dienone is 2. The predicted molar refractivity (Wildman–Crippen MR) is 67.5 cm³/mol. The molecule has 1 aromatic rings. The summed E-state index contributed by atoms with van der Waals surface area (Å²) in [5, 5.41) is 0. The predicted octanol–water partition coefficient (Wildman–Crippen LogP) is 4.24. The summed E-state index contributed by atoms with van der Waals surface area (Å²) in [6, 6.07) is 8.47. The lowest BCUT2D eigenvalue weighted by atomic mass is 10.1. The molecule has 0 aromatic heterocycles. The Balaban J connectivity index is 2.56. The van der Waals surface area contributed by atoms with Crippen LogP contribution in [-0.2, 0) is 0 Å². The maximum atomic E-state index is 4.69. The van der Waals surface area contributed by atoms with Crippen molar-refractivity contribution in [2.45, 2.75) is 32.1 Å². The molecule has 0 saturated carbocycles. The van der Waals surface area contributed by atoms with Crippen molar-refractivity contribution in [2.75, 3.05) is 0 Å². The van der Waals surface area contributed by atoms with Gasteiger partial charge in [-0.15, -0.1) is 0 Å². The van der Waals surface area contributed by atoms with E-state index in [1.54, 1.807) is 0 Å². The first kappa shape index (κ1) is 10.5. The minimum atomic E-state index is 1.00. The standard InChI is InChI=1S/C13H15NS/c1-4-12-10(3)15-13-8-6-5-7-11(13)9(2)14-12/h5-8H,4H2,1-3H3. The second kappa shape index (κ2) is 4.23. The molecule has 1 aliphatic heterocycles. The van der Waals surface area contributed by atoms with Gasteiger partial charge in [-0.3, -0.25) is 4.99 Å². The molecule has 2 heteroatoms. The van der Waals surface area contributed by atoms with Crippen LogP contribution in [0.3, 0.4) is 0 Å². The highest BCUT2D eigenvalue weighted by atomic mass is 32.2. The molecule has 1 aliphatic rings. The van der Waals surface area contributed by atoms with E-state index >= 15 is 0 Å². The van der Waals surface area contributed by atoms with Gasteiger partial charge in [-0.25, -0.2) is 0 Å². The first-order valence-corrected chi connectivity index (χ1v) is 6.06. The first-order valence-electron chi connectivity index (χ1n) is 5.24. The average molecular weight is 217 g/mol. The maximum absolute atomic E-state index is 4.69. The first-order chi connectivity index (χ1) is 7.22. The molecule has 0 unspecified atom stereocenters. The minimum absolute atomic E-state index is 1.00. The molecule has 1 heterocycles. The maximum Gasteiger partial charge on any atom is 0.0499 e. The van der Waals surface area contributed by atoms with Gasteiger partial charge in [-0.2, -0.15) is 0 Å². The number of hydrogen-bond acceptors (Lipinski definition) is 2. The SMILES string of the molecule is CCC1=C(C)Sc2ccccc2C(C)=N1. The molecule has 0 saturated heterocycles. The van der Waals surface area contributed by atoms with E-state index in [1.165, 1.54) is 21.1 Å². The second-order valence-corrected chi connectivity index (χ2v) is 4.91. The van der Waals surface area contributed by atoms with Gasteiger partial charge in [0.05, 0.1) is 0 Å². The van der Waals surface area contributed by atoms with E-state index in [9.17, 15) is 0 Å². The summed E-state index contributed by atoms with van der Waals surface area (Å²) < 4.78 is 0. The van der Waals surface area contributed by atoms with Crippen molar-refractivity contribution in [1.29, 1.82) is 0 Å². The fraction of sp³-hybridized carbons (Fsp3) is 0.308. The molecule has 0 spiro atoms. The highest BCUT2D eigenvalue weighted by molar-refractivity contribution is 8.03. The zero-order valence-electron chi connectivity index (χ0n) is 9.37. The zero-order valence-corrected chi connectivity index (χ0v) is 10.2. The highest BCUT2D eigenvalue weighted by Crippen LogP contribution is 2.35. The van der Waals surface area contributed by atoms with E-state index < -0.39 is 0 Å². The molecule has 0 atom stereocenters. The molecule has 1 nitrogen and oxygen atoms in total. The van der Waals surface area contributed by atoms with Crippen LogP contribution in [0.2, 0.25) is 0 Å². The van der Waals surface area contributed by atoms with E-state index in [1.807, 2.05) is 11.8 Å². The number of aliphatic imine (C=N–C) groups is 1. The second-order valence-electron chi connectivity index (χ2n) is 3.65. The summed E-state index contributed by atoms with van der Waals surface area (Å²) in [7, 11) is 0. The Morgan fingerprint density at radius 3 is 2.67 bits per heavy atom. The van der Waals surface area contributed by atoms with Gasteiger partial charge < -0.3 is 0 Å². The van der Waals surface area contributed by atoms with Crippen LogP contribution >= 0.6 is 11.8 Å². The summed E-state index contributed by atoms with van der Waals surface area (Å²) in [6.45, 7) is 6.40. The third kappa shape index (κ3) is 2.00. The quantitative estimate of drug-likeness (QED) is 0.685. The van der Waals surface area contributed by atoms with Crippen molar-refractivity contribution >= 4 is 17.5 Å². The summed E-state index contributed by atoms with van der Waals surface area (Å²) >= 11 is 1.83. The molecule has 0 aliphatic carbocycles. The molecule has 0 amide bonds. The van der Waals surface area contributed by atoms with Gasteiger partial charge >= 0.3 is 0 Å². The van der Waals surface area contributed by atoms with E-state index in [2.05, 4.69) is 45.0 Å². The number of rotatable bonds is 1. The van der Waals surface area contributed by atoms with Crippen molar-refractivity contribution in [3.8, 4) is 0 Å². The van der Waals surface area contributed by atoms with Crippen LogP contribution in [0.5, 0.6) is 0 Å². The topological polar surface area (TPSA) is 12.4 Å². The van der Waals surface area contributed by atoms with Crippen LogP contribution in [-0.4, -0.2) is 5.71 Å². The minimum Gasteiger partial charge on any atom is -0.257 e. The lowest BCUT2D eigenvalue weighted by Gasteiger charge is -2.04. The highest BCUT2D eigenvalue weighted by Gasteiger charge is 2.12. The Kier molecular flexibility index (Phi) is 2.96. The van der Waals surface area contributed by atoms with Gasteiger partial charge in [0.1, 0.15) is 0 Å². The number of fused-ring (bicyclic) bond motifs is 1. The average Bonchev–Trinajstić information content (AvgIpc) is 2.37. The largest absolute Gasteiger partial charge is 0.257 e. The number of thioether (sulfide) groups is 1. The fourth-order valence-corrected chi connectivity index (χ4v) is 2.86. The van der Waals surface area contributed by atoms with Crippen molar-refractivity contribution in [1.82, 2.24) is 0 Å². The van der Waals surface area contributed by atoms with Crippen LogP contribution in [0.4, 0.5) is 0 Å². The lowest BCUT2D eigenvalue weighted by Crippen LogP contribution is -1.95. The van der Waals surface area contributed by atoms with Crippen molar-refractivity contribution in [3.05, 3.63) is 40.4 Å². The Morgan fingerprint density at radius 1 is 1.20 bits per heavy atom. The smallest absolute Gasteiger partial charge is 0.0499 e. The van der Waals surface area contributed by atoms with Gasteiger partial charge in [-0.05, 0) is 26.3 Å². The van der Waals surface area contributed by atoms with Crippen LogP contribution in [0.15, 0.2) is 44.8 Å². The molecule has 0 bridgehead atoms. The Morgan fingerprint density at radius 2 is 1.93 bits per heavy atom. The van der Waals surface area contributed by atoms with Gasteiger partial charge in [0.15, 0.2) is 0 Å². The third-order valence-corrected chi connectivity index (χ3v) is 3.70. The number of nitrogens with zero attached hydrogens (tertiary/aromatic N) is 1. The van der Waals surface area contributed by atoms with Gasteiger partial charge in [0, 0.05) is 26.8 Å². The fourth-order valence-electron chi connectivity index (χ4n) is 1.75. The Bertz CT molecular complexity index is 444. The molecule has 0 radical (unpaired) electrons. The third-order valence-electron chi connectivity index (χ3n) is 2.58. The zero-order chi connectivity index (χ0) is 10.8. The van der Waals surface area contributed by atoms with Gasteiger partial charge in [-0.1, -0.05) is 36.9 Å². The van der Waals surface area contributed by atoms with E-state index in [0.717, 1.165) is 12.1 Å². The van der Waals surface area contributed by atoms with Crippen molar-refractivity contribution in [2.24, 2.45) is 4.99 Å². The van der Waals surface area contributed by atoms with Crippen LogP contribution in [0, 0.1) is 0 Å². The molecule has 2 rings (SSSR count). The van der Waals surface area contributed by atoms with E-state index in [4.69, 9.17) is 4.99 Å². The molecular weight excluding hydrogens is 202 g/mol. The number of benzene rings is 1. The summed E-state index contributed by atoms with van der Waals surface area (Å²) in [5.41, 5.74) is 3.62. The summed E-state index contributed by atoms with van der Waals surface area (Å²) in [5.74, 6) is 0. The van der Waals surface area contributed by atoms with Crippen molar-refractivity contribution in [3.63, 3.8) is 0 Å². The molecule has 0 fully saturated rings.